The van der Waals surface area contributed by atoms with E-state index in [2.05, 4.69) is 39.1 Å². The molecule has 3 aromatic rings. The standard InChI is InChI=1S/C18H21N5O2S/c1-11(2)15(23-17-13-7-8-19-16(13)20-10-21-17)14-6-5-12-4-3-9-26(24,25)18(12)22-14/h5-8,10-11,15H,3-4,9H2,1-2H3,(H2,19,20,21,23)/t15-/m1/s1. The Bertz CT molecular complexity index is 1060. The van der Waals surface area contributed by atoms with Crippen LogP contribution < -0.4 is 5.32 Å². The van der Waals surface area contributed by atoms with Gasteiger partial charge < -0.3 is 10.3 Å². The number of aromatic nitrogens is 4. The molecule has 7 nitrogen and oxygen atoms in total. The van der Waals surface area contributed by atoms with Crippen LogP contribution in [0.1, 0.15) is 37.6 Å². The molecule has 1 aliphatic heterocycles. The maximum absolute atomic E-state index is 12.4. The highest BCUT2D eigenvalue weighted by atomic mass is 32.2. The normalized spacial score (nSPS) is 17.2. The number of pyridine rings is 1. The van der Waals surface area contributed by atoms with Crippen molar-refractivity contribution in [2.75, 3.05) is 11.1 Å². The predicted molar refractivity (Wildman–Crippen MR) is 99.7 cm³/mol. The summed E-state index contributed by atoms with van der Waals surface area (Å²) in [5.41, 5.74) is 2.29. The van der Waals surface area contributed by atoms with E-state index in [1.54, 1.807) is 0 Å². The molecule has 0 spiro atoms. The summed E-state index contributed by atoms with van der Waals surface area (Å²) in [6, 6.07) is 5.58. The van der Waals surface area contributed by atoms with E-state index in [0.29, 0.717) is 17.9 Å². The molecular weight excluding hydrogens is 350 g/mol. The van der Waals surface area contributed by atoms with Gasteiger partial charge in [0.2, 0.25) is 0 Å². The first-order valence-corrected chi connectivity index (χ1v) is 10.4. The van der Waals surface area contributed by atoms with Crippen molar-refractivity contribution in [1.82, 2.24) is 19.9 Å². The van der Waals surface area contributed by atoms with Crippen LogP contribution in [0.15, 0.2) is 35.7 Å². The largest absolute Gasteiger partial charge is 0.361 e. The summed E-state index contributed by atoms with van der Waals surface area (Å²) in [5, 5.41) is 4.56. The third-order valence-electron chi connectivity index (χ3n) is 4.75. The van der Waals surface area contributed by atoms with Gasteiger partial charge in [-0.15, -0.1) is 0 Å². The highest BCUT2D eigenvalue weighted by Gasteiger charge is 2.28. The molecular formula is C18H21N5O2S. The van der Waals surface area contributed by atoms with Crippen LogP contribution in [0.25, 0.3) is 11.0 Å². The number of fused-ring (bicyclic) bond motifs is 2. The number of H-pyrrole nitrogens is 1. The Balaban J connectivity index is 1.75. The minimum absolute atomic E-state index is 0.162. The number of anilines is 1. The van der Waals surface area contributed by atoms with Crippen molar-refractivity contribution in [2.24, 2.45) is 5.92 Å². The summed E-state index contributed by atoms with van der Waals surface area (Å²) in [7, 11) is -3.29. The summed E-state index contributed by atoms with van der Waals surface area (Å²) in [6.45, 7) is 4.14. The molecule has 0 saturated carbocycles. The van der Waals surface area contributed by atoms with E-state index in [1.807, 2.05) is 24.4 Å². The van der Waals surface area contributed by atoms with Gasteiger partial charge in [0.1, 0.15) is 17.8 Å². The Labute approximate surface area is 152 Å². The second-order valence-electron chi connectivity index (χ2n) is 6.95. The van der Waals surface area contributed by atoms with Gasteiger partial charge in [0.25, 0.3) is 0 Å². The lowest BCUT2D eigenvalue weighted by Crippen LogP contribution is -2.23. The number of aryl methyl sites for hydroxylation is 1. The first kappa shape index (κ1) is 17.0. The van der Waals surface area contributed by atoms with Gasteiger partial charge >= 0.3 is 0 Å². The van der Waals surface area contributed by atoms with Crippen LogP contribution in [0.4, 0.5) is 5.82 Å². The number of nitrogens with zero attached hydrogens (tertiary/aromatic N) is 3. The van der Waals surface area contributed by atoms with Gasteiger partial charge in [-0.2, -0.15) is 0 Å². The summed E-state index contributed by atoms with van der Waals surface area (Å²) in [6.07, 6.45) is 4.74. The van der Waals surface area contributed by atoms with Gasteiger partial charge in [0, 0.05) is 6.20 Å². The van der Waals surface area contributed by atoms with Crippen LogP contribution in [0.5, 0.6) is 0 Å². The average Bonchev–Trinajstić information content (AvgIpc) is 3.08. The highest BCUT2D eigenvalue weighted by molar-refractivity contribution is 7.91. The minimum atomic E-state index is -3.29. The van der Waals surface area contributed by atoms with Crippen LogP contribution in [0.2, 0.25) is 0 Å². The molecule has 0 saturated heterocycles. The van der Waals surface area contributed by atoms with Crippen molar-refractivity contribution in [3.8, 4) is 0 Å². The van der Waals surface area contributed by atoms with Crippen LogP contribution in [0, 0.1) is 5.92 Å². The highest BCUT2D eigenvalue weighted by Crippen LogP contribution is 2.30. The fourth-order valence-corrected chi connectivity index (χ4v) is 4.91. The van der Waals surface area contributed by atoms with Crippen molar-refractivity contribution >= 4 is 26.7 Å². The quantitative estimate of drug-likeness (QED) is 0.731. The number of nitrogens with one attached hydrogen (secondary N) is 2. The Kier molecular flexibility index (Phi) is 4.14. The second-order valence-corrected chi connectivity index (χ2v) is 8.98. The molecule has 1 aliphatic rings. The lowest BCUT2D eigenvalue weighted by molar-refractivity contribution is 0.525. The fraction of sp³-hybridized carbons (Fsp3) is 0.389. The SMILES string of the molecule is CC(C)[C@@H](Nc1ncnc2[nH]ccc12)c1ccc2c(n1)S(=O)(=O)CCC2. The molecule has 0 unspecified atom stereocenters. The smallest absolute Gasteiger partial charge is 0.195 e. The van der Waals surface area contributed by atoms with Gasteiger partial charge in [-0.3, -0.25) is 0 Å². The lowest BCUT2D eigenvalue weighted by Gasteiger charge is -2.24. The number of hydrogen-bond acceptors (Lipinski definition) is 6. The molecule has 0 aromatic carbocycles. The molecule has 1 atom stereocenters. The van der Waals surface area contributed by atoms with Gasteiger partial charge in [-0.25, -0.2) is 23.4 Å². The molecule has 0 radical (unpaired) electrons. The van der Waals surface area contributed by atoms with Gasteiger partial charge in [0.15, 0.2) is 14.9 Å². The van der Waals surface area contributed by atoms with Crippen LogP contribution >= 0.6 is 0 Å². The van der Waals surface area contributed by atoms with Crippen molar-refractivity contribution in [2.45, 2.75) is 37.8 Å². The first-order chi connectivity index (χ1) is 12.5. The maximum Gasteiger partial charge on any atom is 0.195 e. The molecule has 4 heterocycles. The van der Waals surface area contributed by atoms with Crippen molar-refractivity contribution in [1.29, 1.82) is 0 Å². The minimum Gasteiger partial charge on any atom is -0.361 e. The first-order valence-electron chi connectivity index (χ1n) is 8.73. The van der Waals surface area contributed by atoms with E-state index in [4.69, 9.17) is 0 Å². The number of sulfone groups is 1. The van der Waals surface area contributed by atoms with E-state index in [0.717, 1.165) is 23.0 Å². The molecule has 26 heavy (non-hydrogen) atoms. The molecule has 0 amide bonds. The van der Waals surface area contributed by atoms with Crippen molar-refractivity contribution in [3.05, 3.63) is 42.0 Å². The van der Waals surface area contributed by atoms with E-state index in [9.17, 15) is 8.42 Å². The summed E-state index contributed by atoms with van der Waals surface area (Å²) < 4.78 is 24.8. The Morgan fingerprint density at radius 3 is 2.85 bits per heavy atom. The maximum atomic E-state index is 12.4. The zero-order valence-corrected chi connectivity index (χ0v) is 15.5. The van der Waals surface area contributed by atoms with E-state index in [1.165, 1.54) is 6.33 Å². The summed E-state index contributed by atoms with van der Waals surface area (Å²) in [4.78, 5) is 16.2. The Hall–Kier alpha value is -2.48. The molecule has 8 heteroatoms. The zero-order chi connectivity index (χ0) is 18.3. The van der Waals surface area contributed by atoms with E-state index in [-0.39, 0.29) is 22.7 Å². The summed E-state index contributed by atoms with van der Waals surface area (Å²) in [5.74, 6) is 1.07. The topological polar surface area (TPSA) is 101 Å². The zero-order valence-electron chi connectivity index (χ0n) is 14.7. The Morgan fingerprint density at radius 2 is 2.04 bits per heavy atom. The van der Waals surface area contributed by atoms with Crippen LogP contribution in [-0.2, 0) is 16.3 Å². The number of hydrogen-bond donors (Lipinski definition) is 2. The third kappa shape index (κ3) is 2.94. The third-order valence-corrected chi connectivity index (χ3v) is 6.51. The van der Waals surface area contributed by atoms with E-state index < -0.39 is 9.84 Å². The van der Waals surface area contributed by atoms with Crippen LogP contribution in [0.3, 0.4) is 0 Å². The molecule has 3 aromatic heterocycles. The molecule has 136 valence electrons. The Morgan fingerprint density at radius 1 is 1.19 bits per heavy atom. The summed E-state index contributed by atoms with van der Waals surface area (Å²) >= 11 is 0. The number of aromatic amines is 1. The second kappa shape index (κ2) is 6.35. The monoisotopic (exact) mass is 371 g/mol. The molecule has 0 fully saturated rings. The molecule has 0 bridgehead atoms. The fourth-order valence-electron chi connectivity index (χ4n) is 3.38. The number of rotatable bonds is 4. The van der Waals surface area contributed by atoms with Gasteiger partial charge in [-0.05, 0) is 36.5 Å². The lowest BCUT2D eigenvalue weighted by atomic mass is 9.99. The van der Waals surface area contributed by atoms with E-state index >= 15 is 0 Å². The van der Waals surface area contributed by atoms with Gasteiger partial charge in [-0.1, -0.05) is 19.9 Å². The van der Waals surface area contributed by atoms with Crippen LogP contribution in [-0.4, -0.2) is 34.1 Å². The predicted octanol–water partition coefficient (Wildman–Crippen LogP) is 2.88. The average molecular weight is 371 g/mol. The van der Waals surface area contributed by atoms with Crippen molar-refractivity contribution in [3.63, 3.8) is 0 Å². The van der Waals surface area contributed by atoms with Gasteiger partial charge in [0.05, 0.1) is 22.9 Å². The molecule has 4 rings (SSSR count). The molecule has 0 aliphatic carbocycles. The van der Waals surface area contributed by atoms with Crippen molar-refractivity contribution < 1.29 is 8.42 Å². The molecule has 2 N–H and O–H groups in total.